The summed E-state index contributed by atoms with van der Waals surface area (Å²) in [6.45, 7) is 5.15. The van der Waals surface area contributed by atoms with E-state index in [2.05, 4.69) is 40.1 Å². The largest absolute Gasteiger partial charge is 0.510 e. The third-order valence-corrected chi connectivity index (χ3v) is 4.58. The Kier molecular flexibility index (Phi) is 4.81. The maximum absolute atomic E-state index is 10.4. The molecule has 0 unspecified atom stereocenters. The van der Waals surface area contributed by atoms with Gasteiger partial charge in [-0.25, -0.2) is 0 Å². The van der Waals surface area contributed by atoms with Crippen molar-refractivity contribution in [1.82, 2.24) is 9.80 Å². The molecule has 2 aliphatic rings. The maximum Gasteiger partial charge on any atom is 0.113 e. The molecule has 0 bridgehead atoms. The molecule has 0 saturated carbocycles. The van der Waals surface area contributed by atoms with Crippen molar-refractivity contribution in [2.24, 2.45) is 0 Å². The molecule has 0 aliphatic carbocycles. The van der Waals surface area contributed by atoms with Crippen LogP contribution in [0.2, 0.25) is 0 Å². The van der Waals surface area contributed by atoms with E-state index in [-0.39, 0.29) is 0 Å². The molecule has 0 amide bonds. The normalized spacial score (nSPS) is 21.4. The summed E-state index contributed by atoms with van der Waals surface area (Å²) in [6, 6.07) is 10.7. The fraction of sp³-hybridized carbons (Fsp3) is 0.556. The van der Waals surface area contributed by atoms with Crippen LogP contribution in [0.25, 0.3) is 0 Å². The molecule has 2 heterocycles. The van der Waals surface area contributed by atoms with Crippen molar-refractivity contribution in [2.75, 3.05) is 26.2 Å². The Morgan fingerprint density at radius 1 is 0.905 bits per heavy atom. The lowest BCUT2D eigenvalue weighted by molar-refractivity contribution is 0.220. The summed E-state index contributed by atoms with van der Waals surface area (Å²) in [7, 11) is 0. The van der Waals surface area contributed by atoms with E-state index in [1.165, 1.54) is 30.5 Å². The molecule has 1 fully saturated rings. The summed E-state index contributed by atoms with van der Waals surface area (Å²) in [5.41, 5.74) is 2.54. The first kappa shape index (κ1) is 14.5. The number of benzene rings is 1. The average Bonchev–Trinajstić information content (AvgIpc) is 2.71. The number of aliphatic hydroxyl groups excluding tert-OH is 1. The number of piperidine rings is 1. The van der Waals surface area contributed by atoms with Crippen molar-refractivity contribution in [3.05, 3.63) is 47.4 Å². The van der Waals surface area contributed by atoms with E-state index in [1.54, 1.807) is 0 Å². The van der Waals surface area contributed by atoms with Crippen LogP contribution in [0.4, 0.5) is 0 Å². The van der Waals surface area contributed by atoms with E-state index in [0.717, 1.165) is 45.6 Å². The molecule has 2 aliphatic heterocycles. The molecule has 0 aromatic heterocycles. The summed E-state index contributed by atoms with van der Waals surface area (Å²) in [4.78, 5) is 4.89. The van der Waals surface area contributed by atoms with Gasteiger partial charge in [0, 0.05) is 32.6 Å². The van der Waals surface area contributed by atoms with Crippen LogP contribution in [0.5, 0.6) is 0 Å². The van der Waals surface area contributed by atoms with Gasteiger partial charge in [0.05, 0.1) is 5.70 Å². The number of hydrogen-bond acceptors (Lipinski definition) is 3. The molecule has 1 aromatic carbocycles. The SMILES string of the molecule is OC1=C(N2CCCCC2)CN(Cc2ccccc2)CCC1. The molecule has 114 valence electrons. The molecule has 0 spiro atoms. The van der Waals surface area contributed by atoms with Crippen LogP contribution in [0.1, 0.15) is 37.7 Å². The van der Waals surface area contributed by atoms with Crippen LogP contribution < -0.4 is 0 Å². The van der Waals surface area contributed by atoms with Gasteiger partial charge < -0.3 is 10.0 Å². The van der Waals surface area contributed by atoms with Crippen molar-refractivity contribution >= 4 is 0 Å². The predicted molar refractivity (Wildman–Crippen MR) is 86.0 cm³/mol. The van der Waals surface area contributed by atoms with Crippen molar-refractivity contribution < 1.29 is 5.11 Å². The van der Waals surface area contributed by atoms with Crippen molar-refractivity contribution in [3.63, 3.8) is 0 Å². The Morgan fingerprint density at radius 2 is 1.67 bits per heavy atom. The molecule has 0 atom stereocenters. The highest BCUT2D eigenvalue weighted by atomic mass is 16.3. The van der Waals surface area contributed by atoms with Gasteiger partial charge in [-0.15, -0.1) is 0 Å². The quantitative estimate of drug-likeness (QED) is 0.920. The average molecular weight is 286 g/mol. The van der Waals surface area contributed by atoms with Gasteiger partial charge in [-0.1, -0.05) is 30.3 Å². The lowest BCUT2D eigenvalue weighted by atomic mass is 10.1. The maximum atomic E-state index is 10.4. The van der Waals surface area contributed by atoms with Gasteiger partial charge in [-0.2, -0.15) is 0 Å². The van der Waals surface area contributed by atoms with Gasteiger partial charge in [0.25, 0.3) is 0 Å². The van der Waals surface area contributed by atoms with E-state index in [0.29, 0.717) is 5.76 Å². The van der Waals surface area contributed by atoms with E-state index in [9.17, 15) is 5.11 Å². The van der Waals surface area contributed by atoms with Gasteiger partial charge >= 0.3 is 0 Å². The molecule has 1 saturated heterocycles. The lowest BCUT2D eigenvalue weighted by Gasteiger charge is -2.33. The molecule has 0 radical (unpaired) electrons. The monoisotopic (exact) mass is 286 g/mol. The van der Waals surface area contributed by atoms with Crippen LogP contribution in [-0.2, 0) is 6.54 Å². The number of rotatable bonds is 3. The Labute approximate surface area is 127 Å². The highest BCUT2D eigenvalue weighted by Crippen LogP contribution is 2.23. The van der Waals surface area contributed by atoms with E-state index < -0.39 is 0 Å². The number of allylic oxidation sites excluding steroid dienone is 1. The summed E-state index contributed by atoms with van der Waals surface area (Å²) in [5, 5.41) is 10.4. The smallest absolute Gasteiger partial charge is 0.113 e. The first-order chi connectivity index (χ1) is 10.3. The summed E-state index contributed by atoms with van der Waals surface area (Å²) >= 11 is 0. The van der Waals surface area contributed by atoms with Gasteiger partial charge in [0.2, 0.25) is 0 Å². The van der Waals surface area contributed by atoms with Gasteiger partial charge in [-0.3, -0.25) is 4.90 Å². The Morgan fingerprint density at radius 3 is 2.43 bits per heavy atom. The third kappa shape index (κ3) is 3.79. The molecular formula is C18H26N2O. The number of aliphatic hydroxyl groups is 1. The topological polar surface area (TPSA) is 26.7 Å². The Balaban J connectivity index is 1.70. The second-order valence-electron chi connectivity index (χ2n) is 6.24. The number of likely N-dealkylation sites (tertiary alicyclic amines) is 1. The van der Waals surface area contributed by atoms with Crippen molar-refractivity contribution in [3.8, 4) is 0 Å². The molecule has 3 rings (SSSR count). The summed E-state index contributed by atoms with van der Waals surface area (Å²) in [5.74, 6) is 0.632. The van der Waals surface area contributed by atoms with Crippen LogP contribution >= 0.6 is 0 Å². The summed E-state index contributed by atoms with van der Waals surface area (Å²) in [6.07, 6.45) is 5.73. The van der Waals surface area contributed by atoms with E-state index >= 15 is 0 Å². The molecular weight excluding hydrogens is 260 g/mol. The minimum atomic E-state index is 0.632. The first-order valence-electron chi connectivity index (χ1n) is 8.25. The van der Waals surface area contributed by atoms with Gasteiger partial charge in [0.15, 0.2) is 0 Å². The van der Waals surface area contributed by atoms with E-state index in [1.807, 2.05) is 0 Å². The van der Waals surface area contributed by atoms with Crippen LogP contribution in [0, 0.1) is 0 Å². The second-order valence-corrected chi connectivity index (χ2v) is 6.24. The minimum Gasteiger partial charge on any atom is -0.510 e. The molecule has 1 aromatic rings. The lowest BCUT2D eigenvalue weighted by Crippen LogP contribution is -2.36. The first-order valence-corrected chi connectivity index (χ1v) is 8.25. The van der Waals surface area contributed by atoms with Gasteiger partial charge in [0.1, 0.15) is 5.76 Å². The van der Waals surface area contributed by atoms with Gasteiger partial charge in [-0.05, 0) is 37.8 Å². The fourth-order valence-corrected chi connectivity index (χ4v) is 3.42. The second kappa shape index (κ2) is 6.99. The highest BCUT2D eigenvalue weighted by Gasteiger charge is 2.22. The zero-order valence-corrected chi connectivity index (χ0v) is 12.8. The number of nitrogens with zero attached hydrogens (tertiary/aromatic N) is 2. The zero-order chi connectivity index (χ0) is 14.5. The molecule has 3 nitrogen and oxygen atoms in total. The molecule has 3 heteroatoms. The zero-order valence-electron chi connectivity index (χ0n) is 12.8. The van der Waals surface area contributed by atoms with Crippen molar-refractivity contribution in [1.29, 1.82) is 0 Å². The van der Waals surface area contributed by atoms with Crippen LogP contribution in [-0.4, -0.2) is 41.1 Å². The highest BCUT2D eigenvalue weighted by molar-refractivity contribution is 5.16. The standard InChI is InChI=1S/C18H26N2O/c21-18-10-7-11-19(14-16-8-3-1-4-9-16)15-17(18)20-12-5-2-6-13-20/h1,3-4,8-9,21H,2,5-7,10-15H2. The predicted octanol–water partition coefficient (Wildman–Crippen LogP) is 3.54. The Hall–Kier alpha value is -1.48. The Bertz CT molecular complexity index is 477. The fourth-order valence-electron chi connectivity index (χ4n) is 3.42. The minimum absolute atomic E-state index is 0.632. The van der Waals surface area contributed by atoms with Crippen LogP contribution in [0.15, 0.2) is 41.8 Å². The van der Waals surface area contributed by atoms with E-state index in [4.69, 9.17) is 0 Å². The molecule has 1 N–H and O–H groups in total. The number of hydrogen-bond donors (Lipinski definition) is 1. The van der Waals surface area contributed by atoms with Crippen molar-refractivity contribution in [2.45, 2.75) is 38.6 Å². The summed E-state index contributed by atoms with van der Waals surface area (Å²) < 4.78 is 0. The third-order valence-electron chi connectivity index (χ3n) is 4.58. The van der Waals surface area contributed by atoms with Crippen LogP contribution in [0.3, 0.4) is 0 Å². The molecule has 21 heavy (non-hydrogen) atoms.